The zero-order chi connectivity index (χ0) is 19.8. The number of hydrogen-bond acceptors (Lipinski definition) is 2. The average Bonchev–Trinajstić information content (AvgIpc) is 2.57. The van der Waals surface area contributed by atoms with Crippen molar-refractivity contribution in [3.63, 3.8) is 0 Å². The first kappa shape index (κ1) is 28.2. The number of carbonyl (C=O) groups excluding carboxylic acids is 1. The van der Waals surface area contributed by atoms with Crippen LogP contribution in [0.1, 0.15) is 80.6 Å². The molecule has 0 heterocycles. The Morgan fingerprint density at radius 2 is 1.50 bits per heavy atom. The van der Waals surface area contributed by atoms with Crippen LogP contribution in [0.5, 0.6) is 0 Å². The topological polar surface area (TPSA) is 66.4 Å². The average molecular weight is 364 g/mol. The molecule has 0 radical (unpaired) electrons. The van der Waals surface area contributed by atoms with E-state index in [4.69, 9.17) is 5.11 Å². The monoisotopic (exact) mass is 363 g/mol. The number of rotatable bonds is 4. The van der Waals surface area contributed by atoms with Crippen molar-refractivity contribution in [2.45, 2.75) is 80.6 Å². The highest BCUT2D eigenvalue weighted by Gasteiger charge is 2.37. The van der Waals surface area contributed by atoms with E-state index >= 15 is 0 Å². The molecule has 3 unspecified atom stereocenters. The standard InChI is InChI=1S/C13H25NO.C2H5O2P.2C2H6/c1-5-13(9-12(15)14-4)7-10(2)6-11(3)8-13;3-2(4)1-5;2*1-2/h10-11H,5-9H2,1-4H3,(H,14,15);1,5H2,(H,3,4);2*1-2H3. The van der Waals surface area contributed by atoms with Crippen molar-refractivity contribution in [2.75, 3.05) is 13.2 Å². The van der Waals surface area contributed by atoms with E-state index < -0.39 is 5.97 Å². The van der Waals surface area contributed by atoms with Crippen LogP contribution in [-0.2, 0) is 9.59 Å². The van der Waals surface area contributed by atoms with Crippen LogP contribution in [0.3, 0.4) is 0 Å². The molecule has 146 valence electrons. The van der Waals surface area contributed by atoms with E-state index in [2.05, 4.69) is 35.3 Å². The first-order valence-electron chi connectivity index (χ1n) is 9.41. The van der Waals surface area contributed by atoms with Crippen LogP contribution in [-0.4, -0.2) is 30.2 Å². The van der Waals surface area contributed by atoms with Gasteiger partial charge in [0.15, 0.2) is 0 Å². The van der Waals surface area contributed by atoms with Gasteiger partial charge in [-0.25, -0.2) is 0 Å². The fraction of sp³-hybridized carbons (Fsp3) is 0.895. The van der Waals surface area contributed by atoms with Gasteiger partial charge in [0.05, 0.1) is 6.16 Å². The molecule has 1 aliphatic carbocycles. The van der Waals surface area contributed by atoms with Crippen molar-refractivity contribution in [3.8, 4) is 0 Å². The Kier molecular flexibility index (Phi) is 20.2. The molecule has 4 nitrogen and oxygen atoms in total. The number of carboxylic acids is 1. The van der Waals surface area contributed by atoms with E-state index in [1.165, 1.54) is 19.3 Å². The molecule has 0 saturated heterocycles. The summed E-state index contributed by atoms with van der Waals surface area (Å²) in [6, 6.07) is 0. The van der Waals surface area contributed by atoms with Gasteiger partial charge in [0, 0.05) is 13.5 Å². The minimum atomic E-state index is -0.782. The summed E-state index contributed by atoms with van der Waals surface area (Å²) in [6.07, 6.45) is 5.77. The fourth-order valence-corrected chi connectivity index (χ4v) is 3.40. The zero-order valence-electron chi connectivity index (χ0n) is 17.2. The van der Waals surface area contributed by atoms with Gasteiger partial charge in [-0.15, -0.1) is 9.24 Å². The highest BCUT2D eigenvalue weighted by molar-refractivity contribution is 7.18. The minimum Gasteiger partial charge on any atom is -0.481 e. The summed E-state index contributed by atoms with van der Waals surface area (Å²) in [5, 5.41) is 10.5. The Morgan fingerprint density at radius 3 is 1.75 bits per heavy atom. The van der Waals surface area contributed by atoms with Gasteiger partial charge in [0.2, 0.25) is 5.91 Å². The van der Waals surface area contributed by atoms with Crippen LogP contribution in [0.4, 0.5) is 0 Å². The Balaban J connectivity index is -0.000000413. The number of hydrogen-bond donors (Lipinski definition) is 2. The highest BCUT2D eigenvalue weighted by atomic mass is 31.0. The van der Waals surface area contributed by atoms with E-state index in [1.54, 1.807) is 7.05 Å². The maximum atomic E-state index is 11.5. The molecule has 1 amide bonds. The van der Waals surface area contributed by atoms with Crippen molar-refractivity contribution in [3.05, 3.63) is 0 Å². The molecule has 1 rings (SSSR count). The van der Waals surface area contributed by atoms with E-state index in [0.29, 0.717) is 6.42 Å². The number of amides is 1. The maximum absolute atomic E-state index is 11.5. The highest BCUT2D eigenvalue weighted by Crippen LogP contribution is 2.46. The van der Waals surface area contributed by atoms with Gasteiger partial charge in [-0.2, -0.15) is 0 Å². The molecule has 0 aromatic carbocycles. The van der Waals surface area contributed by atoms with Crippen molar-refractivity contribution in [2.24, 2.45) is 17.3 Å². The van der Waals surface area contributed by atoms with Crippen LogP contribution in [0, 0.1) is 17.3 Å². The molecule has 2 N–H and O–H groups in total. The van der Waals surface area contributed by atoms with E-state index in [1.807, 2.05) is 27.7 Å². The van der Waals surface area contributed by atoms with Gasteiger partial charge in [-0.1, -0.05) is 48.5 Å². The van der Waals surface area contributed by atoms with E-state index in [-0.39, 0.29) is 17.5 Å². The molecular weight excluding hydrogens is 321 g/mol. The Hall–Kier alpha value is -0.630. The van der Waals surface area contributed by atoms with Gasteiger partial charge in [-0.3, -0.25) is 9.59 Å². The summed E-state index contributed by atoms with van der Waals surface area (Å²) in [7, 11) is 3.83. The number of aliphatic carboxylic acids is 1. The summed E-state index contributed by atoms with van der Waals surface area (Å²) in [5.41, 5.74) is 0.275. The van der Waals surface area contributed by atoms with Crippen LogP contribution >= 0.6 is 9.24 Å². The van der Waals surface area contributed by atoms with Crippen molar-refractivity contribution < 1.29 is 14.7 Å². The van der Waals surface area contributed by atoms with Crippen LogP contribution in [0.15, 0.2) is 0 Å². The quantitative estimate of drug-likeness (QED) is 0.693. The molecular formula is C19H42NO3P. The second kappa shape index (κ2) is 17.2. The molecule has 5 heteroatoms. The van der Waals surface area contributed by atoms with Crippen molar-refractivity contribution in [1.29, 1.82) is 0 Å². The first-order chi connectivity index (χ1) is 11.3. The van der Waals surface area contributed by atoms with Gasteiger partial charge in [-0.05, 0) is 42.9 Å². The van der Waals surface area contributed by atoms with Crippen molar-refractivity contribution >= 4 is 21.1 Å². The molecule has 1 aliphatic rings. The molecule has 1 fully saturated rings. The smallest absolute Gasteiger partial charge is 0.307 e. The summed E-state index contributed by atoms with van der Waals surface area (Å²) >= 11 is 0. The molecule has 1 saturated carbocycles. The molecule has 0 aliphatic heterocycles. The molecule has 0 aromatic heterocycles. The Morgan fingerprint density at radius 1 is 1.12 bits per heavy atom. The first-order valence-corrected chi connectivity index (χ1v) is 10.2. The fourth-order valence-electron chi connectivity index (χ4n) is 3.40. The maximum Gasteiger partial charge on any atom is 0.307 e. The zero-order valence-corrected chi connectivity index (χ0v) is 18.4. The van der Waals surface area contributed by atoms with Gasteiger partial charge < -0.3 is 10.4 Å². The van der Waals surface area contributed by atoms with Crippen LogP contribution in [0.2, 0.25) is 0 Å². The summed E-state index contributed by atoms with van der Waals surface area (Å²) in [6.45, 7) is 14.9. The summed E-state index contributed by atoms with van der Waals surface area (Å²) in [5.74, 6) is 0.977. The molecule has 0 bridgehead atoms. The second-order valence-corrected chi connectivity index (χ2v) is 6.56. The number of carbonyl (C=O) groups is 2. The van der Waals surface area contributed by atoms with E-state index in [0.717, 1.165) is 18.3 Å². The van der Waals surface area contributed by atoms with Crippen LogP contribution < -0.4 is 5.32 Å². The lowest BCUT2D eigenvalue weighted by Crippen LogP contribution is -2.36. The lowest BCUT2D eigenvalue weighted by molar-refractivity contribution is -0.134. The molecule has 24 heavy (non-hydrogen) atoms. The predicted octanol–water partition coefficient (Wildman–Crippen LogP) is 4.97. The SMILES string of the molecule is CC.CC.CCC1(CC(=O)NC)CC(C)CC(C)C1.O=C(O)CP. The third kappa shape index (κ3) is 13.8. The second-order valence-electron chi connectivity index (χ2n) is 6.16. The summed E-state index contributed by atoms with van der Waals surface area (Å²) < 4.78 is 0. The third-order valence-corrected chi connectivity index (χ3v) is 4.46. The van der Waals surface area contributed by atoms with Gasteiger partial charge in [0.25, 0.3) is 0 Å². The van der Waals surface area contributed by atoms with Gasteiger partial charge >= 0.3 is 5.97 Å². The third-order valence-electron chi connectivity index (χ3n) is 4.11. The normalized spacial score (nSPS) is 24.7. The molecule has 0 aromatic rings. The minimum absolute atomic E-state index is 0.139. The van der Waals surface area contributed by atoms with Gasteiger partial charge in [0.1, 0.15) is 0 Å². The summed E-state index contributed by atoms with van der Waals surface area (Å²) in [4.78, 5) is 20.9. The Labute approximate surface area is 152 Å². The number of carboxylic acid groups (broad SMARTS) is 1. The van der Waals surface area contributed by atoms with E-state index in [9.17, 15) is 9.59 Å². The molecule has 3 atom stereocenters. The largest absolute Gasteiger partial charge is 0.481 e. The predicted molar refractivity (Wildman–Crippen MR) is 108 cm³/mol. The number of nitrogens with one attached hydrogen (secondary N) is 1. The van der Waals surface area contributed by atoms with Crippen molar-refractivity contribution in [1.82, 2.24) is 5.32 Å². The molecule has 0 spiro atoms. The van der Waals surface area contributed by atoms with Crippen LogP contribution in [0.25, 0.3) is 0 Å². The lowest BCUT2D eigenvalue weighted by Gasteiger charge is -2.42. The Bertz CT molecular complexity index is 312. The lowest BCUT2D eigenvalue weighted by atomic mass is 9.63.